The monoisotopic (exact) mass is 248 g/mol. The molecule has 0 saturated heterocycles. The van der Waals surface area contributed by atoms with Crippen LogP contribution in [0.25, 0.3) is 11.0 Å². The highest BCUT2D eigenvalue weighted by Gasteiger charge is 2.14. The summed E-state index contributed by atoms with van der Waals surface area (Å²) in [4.78, 5) is 4.54. The van der Waals surface area contributed by atoms with Crippen LogP contribution in [-0.2, 0) is 17.9 Å². The van der Waals surface area contributed by atoms with Gasteiger partial charge in [0.05, 0.1) is 17.6 Å². The SMILES string of the molecule is NC(=S)Nc1ccc2c(c1)nc1n2CCOC1. The summed E-state index contributed by atoms with van der Waals surface area (Å²) in [5, 5.41) is 3.17. The summed E-state index contributed by atoms with van der Waals surface area (Å²) in [6.45, 7) is 2.17. The van der Waals surface area contributed by atoms with Crippen molar-refractivity contribution in [2.75, 3.05) is 11.9 Å². The molecule has 0 saturated carbocycles. The Bertz CT molecular complexity index is 592. The van der Waals surface area contributed by atoms with Crippen molar-refractivity contribution in [3.05, 3.63) is 24.0 Å². The quantitative estimate of drug-likeness (QED) is 0.743. The first-order valence-corrected chi connectivity index (χ1v) is 5.78. The third-order valence-corrected chi connectivity index (χ3v) is 2.89. The van der Waals surface area contributed by atoms with E-state index < -0.39 is 0 Å². The van der Waals surface area contributed by atoms with E-state index in [0.717, 1.165) is 35.7 Å². The van der Waals surface area contributed by atoms with Gasteiger partial charge in [-0.25, -0.2) is 4.98 Å². The lowest BCUT2D eigenvalue weighted by atomic mass is 10.2. The second kappa shape index (κ2) is 3.97. The van der Waals surface area contributed by atoms with Crippen LogP contribution in [0.2, 0.25) is 0 Å². The minimum absolute atomic E-state index is 0.261. The second-order valence-corrected chi connectivity index (χ2v) is 4.36. The third-order valence-electron chi connectivity index (χ3n) is 2.79. The Balaban J connectivity index is 2.08. The number of nitrogens with zero attached hydrogens (tertiary/aromatic N) is 2. The van der Waals surface area contributed by atoms with Gasteiger partial charge in [-0.15, -0.1) is 0 Å². The summed E-state index contributed by atoms with van der Waals surface area (Å²) < 4.78 is 7.56. The molecule has 2 aromatic rings. The number of fused-ring (bicyclic) bond motifs is 3. The fourth-order valence-electron chi connectivity index (χ4n) is 2.08. The maximum atomic E-state index is 5.44. The molecular formula is C11H12N4OS. The molecule has 1 aliphatic heterocycles. The van der Waals surface area contributed by atoms with Crippen molar-refractivity contribution in [2.24, 2.45) is 5.73 Å². The van der Waals surface area contributed by atoms with Gasteiger partial charge in [0.25, 0.3) is 0 Å². The fraction of sp³-hybridized carbons (Fsp3) is 0.273. The van der Waals surface area contributed by atoms with Crippen LogP contribution in [-0.4, -0.2) is 21.3 Å². The number of imidazole rings is 1. The molecule has 0 bridgehead atoms. The lowest BCUT2D eigenvalue weighted by Crippen LogP contribution is -2.18. The summed E-state index contributed by atoms with van der Waals surface area (Å²) in [5.41, 5.74) is 8.36. The van der Waals surface area contributed by atoms with Crippen molar-refractivity contribution in [1.29, 1.82) is 0 Å². The predicted molar refractivity (Wildman–Crippen MR) is 69.8 cm³/mol. The number of benzene rings is 1. The average Bonchev–Trinajstić information content (AvgIpc) is 2.65. The normalized spacial score (nSPS) is 14.6. The van der Waals surface area contributed by atoms with Gasteiger partial charge < -0.3 is 20.4 Å². The molecule has 0 aliphatic carbocycles. The van der Waals surface area contributed by atoms with Crippen LogP contribution in [0.3, 0.4) is 0 Å². The number of ether oxygens (including phenoxy) is 1. The molecule has 6 heteroatoms. The molecule has 0 unspecified atom stereocenters. The first kappa shape index (κ1) is 10.5. The Morgan fingerprint density at radius 1 is 1.53 bits per heavy atom. The highest BCUT2D eigenvalue weighted by Crippen LogP contribution is 2.22. The van der Waals surface area contributed by atoms with E-state index in [9.17, 15) is 0 Å². The molecule has 0 radical (unpaired) electrons. The van der Waals surface area contributed by atoms with E-state index in [2.05, 4.69) is 14.9 Å². The molecule has 0 amide bonds. The molecule has 17 heavy (non-hydrogen) atoms. The van der Waals surface area contributed by atoms with Crippen molar-refractivity contribution in [3.8, 4) is 0 Å². The summed E-state index contributed by atoms with van der Waals surface area (Å²) >= 11 is 4.81. The molecular weight excluding hydrogens is 236 g/mol. The Labute approximate surface area is 104 Å². The highest BCUT2D eigenvalue weighted by atomic mass is 32.1. The van der Waals surface area contributed by atoms with Gasteiger partial charge in [0, 0.05) is 12.2 Å². The minimum atomic E-state index is 0.261. The van der Waals surface area contributed by atoms with Crippen LogP contribution >= 0.6 is 12.2 Å². The zero-order valence-corrected chi connectivity index (χ0v) is 9.96. The van der Waals surface area contributed by atoms with E-state index in [1.165, 1.54) is 0 Å². The van der Waals surface area contributed by atoms with Gasteiger partial charge in [-0.05, 0) is 30.4 Å². The van der Waals surface area contributed by atoms with E-state index in [1.807, 2.05) is 18.2 Å². The van der Waals surface area contributed by atoms with Crippen molar-refractivity contribution < 1.29 is 4.74 Å². The number of aromatic nitrogens is 2. The third kappa shape index (κ3) is 1.85. The van der Waals surface area contributed by atoms with Gasteiger partial charge >= 0.3 is 0 Å². The lowest BCUT2D eigenvalue weighted by molar-refractivity contribution is 0.0830. The van der Waals surface area contributed by atoms with Crippen LogP contribution in [0.5, 0.6) is 0 Å². The molecule has 88 valence electrons. The van der Waals surface area contributed by atoms with Gasteiger partial charge in [-0.1, -0.05) is 0 Å². The molecule has 5 nitrogen and oxygen atoms in total. The van der Waals surface area contributed by atoms with Crippen molar-refractivity contribution in [1.82, 2.24) is 9.55 Å². The summed E-state index contributed by atoms with van der Waals surface area (Å²) in [6, 6.07) is 5.92. The maximum Gasteiger partial charge on any atom is 0.168 e. The fourth-order valence-corrected chi connectivity index (χ4v) is 2.20. The van der Waals surface area contributed by atoms with Crippen LogP contribution < -0.4 is 11.1 Å². The minimum Gasteiger partial charge on any atom is -0.376 e. The van der Waals surface area contributed by atoms with Gasteiger partial charge in [-0.3, -0.25) is 0 Å². The zero-order valence-electron chi connectivity index (χ0n) is 9.14. The molecule has 0 atom stereocenters. The molecule has 3 rings (SSSR count). The van der Waals surface area contributed by atoms with Crippen LogP contribution in [0.4, 0.5) is 5.69 Å². The molecule has 1 aliphatic rings. The number of anilines is 1. The van der Waals surface area contributed by atoms with Crippen LogP contribution in [0.1, 0.15) is 5.82 Å². The summed E-state index contributed by atoms with van der Waals surface area (Å²) in [6.07, 6.45) is 0. The number of nitrogens with two attached hydrogens (primary N) is 1. The molecule has 1 aromatic carbocycles. The van der Waals surface area contributed by atoms with E-state index in [0.29, 0.717) is 6.61 Å². The Hall–Kier alpha value is -1.66. The standard InChI is InChI=1S/C11H12N4OS/c12-11(17)13-7-1-2-9-8(5-7)14-10-6-16-4-3-15(9)10/h1-2,5H,3-4,6H2,(H3,12,13,17). The Morgan fingerprint density at radius 2 is 2.41 bits per heavy atom. The summed E-state index contributed by atoms with van der Waals surface area (Å²) in [5.74, 6) is 0.971. The maximum absolute atomic E-state index is 5.44. The van der Waals surface area contributed by atoms with E-state index in [-0.39, 0.29) is 5.11 Å². The Kier molecular flexibility index (Phi) is 2.45. The van der Waals surface area contributed by atoms with Crippen molar-refractivity contribution in [3.63, 3.8) is 0 Å². The van der Waals surface area contributed by atoms with E-state index >= 15 is 0 Å². The van der Waals surface area contributed by atoms with E-state index in [1.54, 1.807) is 0 Å². The van der Waals surface area contributed by atoms with Gasteiger partial charge in [0.2, 0.25) is 0 Å². The summed E-state index contributed by atoms with van der Waals surface area (Å²) in [7, 11) is 0. The molecule has 1 aromatic heterocycles. The first-order valence-electron chi connectivity index (χ1n) is 5.37. The van der Waals surface area contributed by atoms with Gasteiger partial charge in [-0.2, -0.15) is 0 Å². The number of rotatable bonds is 1. The van der Waals surface area contributed by atoms with Gasteiger partial charge in [0.15, 0.2) is 5.11 Å². The van der Waals surface area contributed by atoms with Crippen LogP contribution in [0, 0.1) is 0 Å². The smallest absolute Gasteiger partial charge is 0.168 e. The van der Waals surface area contributed by atoms with E-state index in [4.69, 9.17) is 22.7 Å². The number of nitrogens with one attached hydrogen (secondary N) is 1. The number of thiocarbonyl (C=S) groups is 1. The number of hydrogen-bond acceptors (Lipinski definition) is 3. The zero-order chi connectivity index (χ0) is 11.8. The molecule has 2 heterocycles. The molecule has 0 spiro atoms. The lowest BCUT2D eigenvalue weighted by Gasteiger charge is -2.14. The number of hydrogen-bond donors (Lipinski definition) is 2. The Morgan fingerprint density at radius 3 is 3.24 bits per heavy atom. The second-order valence-electron chi connectivity index (χ2n) is 3.92. The first-order chi connectivity index (χ1) is 8.24. The van der Waals surface area contributed by atoms with Crippen LogP contribution in [0.15, 0.2) is 18.2 Å². The molecule has 3 N–H and O–H groups in total. The van der Waals surface area contributed by atoms with Crippen molar-refractivity contribution in [2.45, 2.75) is 13.2 Å². The molecule has 0 fully saturated rings. The average molecular weight is 248 g/mol. The van der Waals surface area contributed by atoms with Crippen molar-refractivity contribution >= 4 is 34.1 Å². The predicted octanol–water partition coefficient (Wildman–Crippen LogP) is 1.22. The highest BCUT2D eigenvalue weighted by molar-refractivity contribution is 7.80. The van der Waals surface area contributed by atoms with Gasteiger partial charge in [0.1, 0.15) is 12.4 Å². The topological polar surface area (TPSA) is 65.1 Å². The largest absolute Gasteiger partial charge is 0.376 e.